The first kappa shape index (κ1) is 12.5. The van der Waals surface area contributed by atoms with Gasteiger partial charge in [-0.1, -0.05) is 12.1 Å². The first-order valence-corrected chi connectivity index (χ1v) is 5.14. The van der Waals surface area contributed by atoms with Gasteiger partial charge in [0.2, 0.25) is 5.91 Å². The minimum absolute atomic E-state index is 0.173. The fourth-order valence-electron chi connectivity index (χ4n) is 1.36. The molecule has 0 heterocycles. The zero-order chi connectivity index (χ0) is 12.0. The molecule has 0 saturated heterocycles. The van der Waals surface area contributed by atoms with Gasteiger partial charge in [0.05, 0.1) is 6.04 Å². The van der Waals surface area contributed by atoms with Crippen LogP contribution in [0.25, 0.3) is 0 Å². The number of phenolic OH excluding ortho intramolecular Hbond substituents is 1. The standard InChI is InChI=1S/C11H17N3O2/c12-4-5-14-11(16)10(13)7-8-2-1-3-9(15)6-8/h1-3,6,10,15H,4-5,7,12-13H2,(H,14,16)/t10-/m0/s1. The highest BCUT2D eigenvalue weighted by Crippen LogP contribution is 2.12. The molecule has 5 nitrogen and oxygen atoms in total. The number of hydrogen-bond acceptors (Lipinski definition) is 4. The lowest BCUT2D eigenvalue weighted by molar-refractivity contribution is -0.122. The second kappa shape index (κ2) is 6.09. The summed E-state index contributed by atoms with van der Waals surface area (Å²) in [5.41, 5.74) is 11.8. The molecule has 0 unspecified atom stereocenters. The molecule has 16 heavy (non-hydrogen) atoms. The van der Waals surface area contributed by atoms with Gasteiger partial charge >= 0.3 is 0 Å². The Morgan fingerprint density at radius 2 is 2.25 bits per heavy atom. The molecule has 0 aliphatic heterocycles. The molecule has 1 amide bonds. The van der Waals surface area contributed by atoms with E-state index in [1.807, 2.05) is 6.07 Å². The number of phenols is 1. The lowest BCUT2D eigenvalue weighted by atomic mass is 10.1. The number of nitrogens with one attached hydrogen (secondary N) is 1. The molecule has 1 aromatic carbocycles. The van der Waals surface area contributed by atoms with Crippen molar-refractivity contribution in [3.63, 3.8) is 0 Å². The van der Waals surface area contributed by atoms with Crippen molar-refractivity contribution in [3.8, 4) is 5.75 Å². The third-order valence-electron chi connectivity index (χ3n) is 2.15. The van der Waals surface area contributed by atoms with Gasteiger partial charge in [-0.15, -0.1) is 0 Å². The molecule has 1 rings (SSSR count). The van der Waals surface area contributed by atoms with E-state index in [-0.39, 0.29) is 11.7 Å². The summed E-state index contributed by atoms with van der Waals surface area (Å²) in [5.74, 6) is -0.0548. The van der Waals surface area contributed by atoms with Crippen molar-refractivity contribution in [2.24, 2.45) is 11.5 Å². The maximum Gasteiger partial charge on any atom is 0.237 e. The molecule has 6 N–H and O–H groups in total. The summed E-state index contributed by atoms with van der Waals surface area (Å²) in [6, 6.07) is 6.08. The first-order valence-electron chi connectivity index (χ1n) is 5.14. The van der Waals surface area contributed by atoms with E-state index >= 15 is 0 Å². The molecule has 5 heteroatoms. The number of rotatable bonds is 5. The van der Waals surface area contributed by atoms with Crippen molar-refractivity contribution in [1.29, 1.82) is 0 Å². The molecule has 1 aromatic rings. The number of amides is 1. The van der Waals surface area contributed by atoms with Gasteiger partial charge < -0.3 is 21.9 Å². The predicted molar refractivity (Wildman–Crippen MR) is 61.9 cm³/mol. The van der Waals surface area contributed by atoms with Gasteiger partial charge in [0.1, 0.15) is 5.75 Å². The number of carbonyl (C=O) groups is 1. The largest absolute Gasteiger partial charge is 0.508 e. The highest BCUT2D eigenvalue weighted by atomic mass is 16.3. The summed E-state index contributed by atoms with van der Waals surface area (Å²) in [4.78, 5) is 11.4. The Balaban J connectivity index is 2.50. The van der Waals surface area contributed by atoms with Crippen LogP contribution >= 0.6 is 0 Å². The van der Waals surface area contributed by atoms with Gasteiger partial charge in [-0.05, 0) is 24.1 Å². The SMILES string of the molecule is NCCNC(=O)[C@@H](N)Cc1cccc(O)c1. The monoisotopic (exact) mass is 223 g/mol. The summed E-state index contributed by atoms with van der Waals surface area (Å²) in [6.07, 6.45) is 0.394. The van der Waals surface area contributed by atoms with E-state index in [9.17, 15) is 9.90 Å². The van der Waals surface area contributed by atoms with Gasteiger partial charge in [0.15, 0.2) is 0 Å². The zero-order valence-electron chi connectivity index (χ0n) is 9.02. The number of aromatic hydroxyl groups is 1. The third-order valence-corrected chi connectivity index (χ3v) is 2.15. The molecular weight excluding hydrogens is 206 g/mol. The average Bonchev–Trinajstić information content (AvgIpc) is 2.25. The van der Waals surface area contributed by atoms with Crippen LogP contribution in [0, 0.1) is 0 Å². The zero-order valence-corrected chi connectivity index (χ0v) is 9.02. The van der Waals surface area contributed by atoms with E-state index in [1.54, 1.807) is 18.2 Å². The van der Waals surface area contributed by atoms with Gasteiger partial charge in [0, 0.05) is 13.1 Å². The molecular formula is C11H17N3O2. The minimum atomic E-state index is -0.617. The summed E-state index contributed by atoms with van der Waals surface area (Å²) in [7, 11) is 0. The molecule has 1 atom stereocenters. The smallest absolute Gasteiger partial charge is 0.237 e. The van der Waals surface area contributed by atoms with Crippen LogP contribution in [0.3, 0.4) is 0 Å². The van der Waals surface area contributed by atoms with Crippen molar-refractivity contribution in [2.75, 3.05) is 13.1 Å². The maximum absolute atomic E-state index is 11.4. The van der Waals surface area contributed by atoms with Crippen molar-refractivity contribution in [1.82, 2.24) is 5.32 Å². The summed E-state index contributed by atoms with van der Waals surface area (Å²) in [5, 5.41) is 11.9. The molecule has 0 fully saturated rings. The third kappa shape index (κ3) is 3.88. The molecule has 88 valence electrons. The van der Waals surface area contributed by atoms with Crippen molar-refractivity contribution >= 4 is 5.91 Å². The average molecular weight is 223 g/mol. The van der Waals surface area contributed by atoms with Crippen LogP contribution in [0.4, 0.5) is 0 Å². The highest BCUT2D eigenvalue weighted by Gasteiger charge is 2.13. The number of benzene rings is 1. The maximum atomic E-state index is 11.4. The normalized spacial score (nSPS) is 12.1. The van der Waals surface area contributed by atoms with E-state index in [4.69, 9.17) is 11.5 Å². The van der Waals surface area contributed by atoms with Crippen molar-refractivity contribution < 1.29 is 9.90 Å². The van der Waals surface area contributed by atoms with E-state index < -0.39 is 6.04 Å². The summed E-state index contributed by atoms with van der Waals surface area (Å²) < 4.78 is 0. The van der Waals surface area contributed by atoms with Crippen LogP contribution in [0.5, 0.6) is 5.75 Å². The van der Waals surface area contributed by atoms with E-state index in [0.717, 1.165) is 5.56 Å². The molecule has 0 aromatic heterocycles. The first-order chi connectivity index (χ1) is 7.63. The predicted octanol–water partition coefficient (Wildman–Crippen LogP) is -0.663. The van der Waals surface area contributed by atoms with Gasteiger partial charge in [-0.3, -0.25) is 4.79 Å². The second-order valence-electron chi connectivity index (χ2n) is 3.56. The molecule has 0 radical (unpaired) electrons. The highest BCUT2D eigenvalue weighted by molar-refractivity contribution is 5.81. The summed E-state index contributed by atoms with van der Waals surface area (Å²) >= 11 is 0. The summed E-state index contributed by atoms with van der Waals surface area (Å²) in [6.45, 7) is 0.817. The van der Waals surface area contributed by atoms with Crippen molar-refractivity contribution in [2.45, 2.75) is 12.5 Å². The Morgan fingerprint density at radius 3 is 2.88 bits per heavy atom. The van der Waals surface area contributed by atoms with Crippen LogP contribution in [0.1, 0.15) is 5.56 Å². The molecule has 0 bridgehead atoms. The van der Waals surface area contributed by atoms with Crippen LogP contribution in [-0.2, 0) is 11.2 Å². The van der Waals surface area contributed by atoms with Crippen LogP contribution in [0.2, 0.25) is 0 Å². The van der Waals surface area contributed by atoms with Crippen LogP contribution < -0.4 is 16.8 Å². The lowest BCUT2D eigenvalue weighted by Crippen LogP contribution is -2.43. The van der Waals surface area contributed by atoms with E-state index in [0.29, 0.717) is 19.5 Å². The Morgan fingerprint density at radius 1 is 1.50 bits per heavy atom. The fourth-order valence-corrected chi connectivity index (χ4v) is 1.36. The topological polar surface area (TPSA) is 101 Å². The Hall–Kier alpha value is -1.59. The van der Waals surface area contributed by atoms with E-state index in [1.165, 1.54) is 0 Å². The lowest BCUT2D eigenvalue weighted by Gasteiger charge is -2.11. The molecule has 0 spiro atoms. The number of carbonyl (C=O) groups excluding carboxylic acids is 1. The van der Waals surface area contributed by atoms with Crippen molar-refractivity contribution in [3.05, 3.63) is 29.8 Å². The molecule has 0 aliphatic carbocycles. The van der Waals surface area contributed by atoms with Gasteiger partial charge in [-0.2, -0.15) is 0 Å². The van der Waals surface area contributed by atoms with Crippen LogP contribution in [0.15, 0.2) is 24.3 Å². The van der Waals surface area contributed by atoms with E-state index in [2.05, 4.69) is 5.32 Å². The number of nitrogens with two attached hydrogens (primary N) is 2. The minimum Gasteiger partial charge on any atom is -0.508 e. The van der Waals surface area contributed by atoms with Crippen LogP contribution in [-0.4, -0.2) is 30.1 Å². The molecule has 0 aliphatic rings. The molecule has 0 saturated carbocycles. The quantitative estimate of drug-likeness (QED) is 0.532. The van der Waals surface area contributed by atoms with Gasteiger partial charge in [0.25, 0.3) is 0 Å². The Kier molecular flexibility index (Phi) is 4.75. The number of hydrogen-bond donors (Lipinski definition) is 4. The van der Waals surface area contributed by atoms with Gasteiger partial charge in [-0.25, -0.2) is 0 Å². The Labute approximate surface area is 94.4 Å². The fraction of sp³-hybridized carbons (Fsp3) is 0.364. The Bertz CT molecular complexity index is 355. The second-order valence-corrected chi connectivity index (χ2v) is 3.56.